The van der Waals surface area contributed by atoms with Crippen LogP contribution in [-0.2, 0) is 0 Å². The maximum atomic E-state index is 11.7. The standard InChI is InChI=1S/C12H10Cl2N4O/c1-6-5-9(19)11(12(15)16)17-18(6)8-4-2-3-7(13)10(8)14/h2-5H,1H3,(H3,15,16). The van der Waals surface area contributed by atoms with Gasteiger partial charge in [-0.05, 0) is 19.1 Å². The average molecular weight is 297 g/mol. The van der Waals surface area contributed by atoms with Gasteiger partial charge in [0.1, 0.15) is 5.84 Å². The summed E-state index contributed by atoms with van der Waals surface area (Å²) in [5, 5.41) is 12.1. The van der Waals surface area contributed by atoms with Crippen LogP contribution in [0.3, 0.4) is 0 Å². The minimum absolute atomic E-state index is 0.123. The third-order valence-corrected chi connectivity index (χ3v) is 3.33. The minimum Gasteiger partial charge on any atom is -0.382 e. The molecule has 3 N–H and O–H groups in total. The van der Waals surface area contributed by atoms with E-state index < -0.39 is 11.3 Å². The first-order valence-electron chi connectivity index (χ1n) is 5.31. The second-order valence-corrected chi connectivity index (χ2v) is 4.68. The zero-order valence-corrected chi connectivity index (χ0v) is 11.5. The summed E-state index contributed by atoms with van der Waals surface area (Å²) in [5.41, 5.74) is 5.89. The van der Waals surface area contributed by atoms with Crippen molar-refractivity contribution in [2.45, 2.75) is 6.92 Å². The van der Waals surface area contributed by atoms with E-state index in [9.17, 15) is 4.79 Å². The fourth-order valence-corrected chi connectivity index (χ4v) is 2.01. The summed E-state index contributed by atoms with van der Waals surface area (Å²) in [5.74, 6) is -0.392. The number of nitrogens with one attached hydrogen (secondary N) is 1. The molecule has 1 heterocycles. The van der Waals surface area contributed by atoms with Crippen molar-refractivity contribution < 1.29 is 0 Å². The Labute approximate surface area is 119 Å². The molecule has 5 nitrogen and oxygen atoms in total. The number of benzene rings is 1. The van der Waals surface area contributed by atoms with Gasteiger partial charge < -0.3 is 5.73 Å². The van der Waals surface area contributed by atoms with Crippen molar-refractivity contribution in [1.82, 2.24) is 9.78 Å². The van der Waals surface area contributed by atoms with Crippen molar-refractivity contribution in [3.63, 3.8) is 0 Å². The molecule has 98 valence electrons. The first-order chi connectivity index (χ1) is 8.91. The second-order valence-electron chi connectivity index (χ2n) is 3.90. The van der Waals surface area contributed by atoms with Gasteiger partial charge in [-0.1, -0.05) is 29.3 Å². The van der Waals surface area contributed by atoms with Crippen LogP contribution in [0.25, 0.3) is 5.69 Å². The predicted molar refractivity (Wildman–Crippen MR) is 75.6 cm³/mol. The zero-order chi connectivity index (χ0) is 14.2. The lowest BCUT2D eigenvalue weighted by Gasteiger charge is -2.12. The highest BCUT2D eigenvalue weighted by Crippen LogP contribution is 2.28. The van der Waals surface area contributed by atoms with Gasteiger partial charge in [0.25, 0.3) is 0 Å². The number of amidine groups is 1. The molecule has 0 saturated carbocycles. The molecule has 0 fully saturated rings. The molecule has 0 saturated heterocycles. The van der Waals surface area contributed by atoms with Gasteiger partial charge in [0.15, 0.2) is 5.69 Å². The summed E-state index contributed by atoms with van der Waals surface area (Å²) >= 11 is 12.1. The maximum Gasteiger partial charge on any atom is 0.211 e. The van der Waals surface area contributed by atoms with E-state index in [1.807, 2.05) is 0 Å². The van der Waals surface area contributed by atoms with E-state index in [0.717, 1.165) is 0 Å². The Morgan fingerprint density at radius 1 is 1.42 bits per heavy atom. The number of aryl methyl sites for hydroxylation is 1. The van der Waals surface area contributed by atoms with E-state index >= 15 is 0 Å². The van der Waals surface area contributed by atoms with Gasteiger partial charge in [-0.3, -0.25) is 10.2 Å². The highest BCUT2D eigenvalue weighted by Gasteiger charge is 2.13. The van der Waals surface area contributed by atoms with Crippen LogP contribution in [0.5, 0.6) is 0 Å². The van der Waals surface area contributed by atoms with Crippen LogP contribution in [0.2, 0.25) is 10.0 Å². The van der Waals surface area contributed by atoms with Crippen molar-refractivity contribution in [3.8, 4) is 5.69 Å². The van der Waals surface area contributed by atoms with Crippen LogP contribution in [0.1, 0.15) is 11.4 Å². The van der Waals surface area contributed by atoms with Gasteiger partial charge in [-0.15, -0.1) is 0 Å². The molecule has 0 bridgehead atoms. The molecule has 0 spiro atoms. The quantitative estimate of drug-likeness (QED) is 0.658. The SMILES string of the molecule is Cc1cc(=O)c(C(=N)N)nn1-c1cccc(Cl)c1Cl. The molecular formula is C12H10Cl2N4O. The van der Waals surface area contributed by atoms with Crippen molar-refractivity contribution in [3.05, 3.63) is 55.9 Å². The Morgan fingerprint density at radius 3 is 2.74 bits per heavy atom. The Balaban J connectivity index is 2.76. The lowest BCUT2D eigenvalue weighted by atomic mass is 10.2. The van der Waals surface area contributed by atoms with Crippen LogP contribution >= 0.6 is 23.2 Å². The molecular weight excluding hydrogens is 287 g/mol. The van der Waals surface area contributed by atoms with E-state index in [0.29, 0.717) is 21.4 Å². The normalized spacial score (nSPS) is 10.5. The number of hydrogen-bond acceptors (Lipinski definition) is 3. The number of nitrogens with zero attached hydrogens (tertiary/aromatic N) is 2. The van der Waals surface area contributed by atoms with Crippen LogP contribution in [-0.4, -0.2) is 15.6 Å². The Kier molecular flexibility index (Phi) is 3.59. The molecule has 19 heavy (non-hydrogen) atoms. The Hall–Kier alpha value is -1.85. The van der Waals surface area contributed by atoms with Crippen LogP contribution in [0.4, 0.5) is 0 Å². The molecule has 0 aliphatic rings. The molecule has 0 aliphatic carbocycles. The fourth-order valence-electron chi connectivity index (χ4n) is 1.63. The highest BCUT2D eigenvalue weighted by molar-refractivity contribution is 6.43. The van der Waals surface area contributed by atoms with E-state index in [1.54, 1.807) is 25.1 Å². The van der Waals surface area contributed by atoms with Crippen molar-refractivity contribution in [2.75, 3.05) is 0 Å². The number of nitrogens with two attached hydrogens (primary N) is 1. The molecule has 0 unspecified atom stereocenters. The van der Waals surface area contributed by atoms with Gasteiger partial charge in [0.05, 0.1) is 15.7 Å². The highest BCUT2D eigenvalue weighted by atomic mass is 35.5. The monoisotopic (exact) mass is 296 g/mol. The zero-order valence-electron chi connectivity index (χ0n) is 9.95. The molecule has 2 rings (SSSR count). The van der Waals surface area contributed by atoms with E-state index in [2.05, 4.69) is 5.10 Å². The summed E-state index contributed by atoms with van der Waals surface area (Å²) in [6.07, 6.45) is 0. The maximum absolute atomic E-state index is 11.7. The summed E-state index contributed by atoms with van der Waals surface area (Å²) in [6, 6.07) is 6.43. The van der Waals surface area contributed by atoms with Crippen LogP contribution in [0.15, 0.2) is 29.1 Å². The largest absolute Gasteiger partial charge is 0.382 e. The van der Waals surface area contributed by atoms with Crippen molar-refractivity contribution in [1.29, 1.82) is 5.41 Å². The van der Waals surface area contributed by atoms with E-state index in [4.69, 9.17) is 34.3 Å². The van der Waals surface area contributed by atoms with Crippen LogP contribution < -0.4 is 11.2 Å². The summed E-state index contributed by atoms with van der Waals surface area (Å²) in [4.78, 5) is 11.7. The molecule has 7 heteroatoms. The first-order valence-corrected chi connectivity index (χ1v) is 6.07. The predicted octanol–water partition coefficient (Wildman–Crippen LogP) is 2.13. The number of aromatic nitrogens is 2. The number of nitrogen functional groups attached to an aromatic ring is 1. The molecule has 1 aromatic carbocycles. The number of halogens is 2. The summed E-state index contributed by atoms with van der Waals surface area (Å²) < 4.78 is 1.44. The van der Waals surface area contributed by atoms with Crippen molar-refractivity contribution in [2.24, 2.45) is 5.73 Å². The number of rotatable bonds is 2. The molecule has 2 aromatic rings. The lowest BCUT2D eigenvalue weighted by Crippen LogP contribution is -2.27. The van der Waals surface area contributed by atoms with Gasteiger partial charge >= 0.3 is 0 Å². The molecule has 0 radical (unpaired) electrons. The first kappa shape index (κ1) is 13.6. The van der Waals surface area contributed by atoms with Crippen molar-refractivity contribution >= 4 is 29.0 Å². The summed E-state index contributed by atoms with van der Waals surface area (Å²) in [7, 11) is 0. The third-order valence-electron chi connectivity index (χ3n) is 2.52. The summed E-state index contributed by atoms with van der Waals surface area (Å²) in [6.45, 7) is 1.70. The minimum atomic E-state index is -0.403. The fraction of sp³-hybridized carbons (Fsp3) is 0.0833. The third kappa shape index (κ3) is 2.47. The topological polar surface area (TPSA) is 84.8 Å². The van der Waals surface area contributed by atoms with Gasteiger partial charge in [0, 0.05) is 11.8 Å². The van der Waals surface area contributed by atoms with Gasteiger partial charge in [-0.25, -0.2) is 4.68 Å². The second kappa shape index (κ2) is 5.03. The molecule has 1 aromatic heterocycles. The number of hydrogen-bond donors (Lipinski definition) is 2. The van der Waals surface area contributed by atoms with Gasteiger partial charge in [-0.2, -0.15) is 5.10 Å². The molecule has 0 atom stereocenters. The smallest absolute Gasteiger partial charge is 0.211 e. The molecule has 0 aliphatic heterocycles. The van der Waals surface area contributed by atoms with E-state index in [1.165, 1.54) is 10.7 Å². The van der Waals surface area contributed by atoms with E-state index in [-0.39, 0.29) is 5.69 Å². The Bertz CT molecular complexity index is 724. The van der Waals surface area contributed by atoms with Crippen LogP contribution in [0, 0.1) is 12.3 Å². The Morgan fingerprint density at radius 2 is 2.11 bits per heavy atom. The lowest BCUT2D eigenvalue weighted by molar-refractivity contribution is 0.792. The van der Waals surface area contributed by atoms with Gasteiger partial charge in [0.2, 0.25) is 5.43 Å². The molecule has 0 amide bonds. The average Bonchev–Trinajstić information content (AvgIpc) is 2.33.